The summed E-state index contributed by atoms with van der Waals surface area (Å²) >= 11 is 11.4. The van der Waals surface area contributed by atoms with Crippen molar-refractivity contribution in [1.29, 1.82) is 0 Å². The maximum absolute atomic E-state index is 12.4. The number of benzene rings is 3. The lowest BCUT2D eigenvalue weighted by molar-refractivity contribution is -0.384. The predicted molar refractivity (Wildman–Crippen MR) is 143 cm³/mol. The molecule has 1 aliphatic rings. The van der Waals surface area contributed by atoms with E-state index < -0.39 is 10.9 Å². The molecule has 0 N–H and O–H groups in total. The molecule has 0 saturated carbocycles. The van der Waals surface area contributed by atoms with Crippen molar-refractivity contribution < 1.29 is 23.9 Å². The predicted octanol–water partition coefficient (Wildman–Crippen LogP) is 6.55. The average Bonchev–Trinajstić information content (AvgIpc) is 3.18. The summed E-state index contributed by atoms with van der Waals surface area (Å²) in [6.45, 7) is 0.347. The Labute approximate surface area is 227 Å². The molecule has 0 radical (unpaired) electrons. The highest BCUT2D eigenvalue weighted by Crippen LogP contribution is 2.36. The molecular formula is C24H15BrClIN2O6. The van der Waals surface area contributed by atoms with Gasteiger partial charge in [0, 0.05) is 16.1 Å². The lowest BCUT2D eigenvalue weighted by atomic mass is 10.1. The summed E-state index contributed by atoms with van der Waals surface area (Å²) in [7, 11) is 1.53. The van der Waals surface area contributed by atoms with Crippen molar-refractivity contribution in [2.45, 2.75) is 6.61 Å². The summed E-state index contributed by atoms with van der Waals surface area (Å²) in [6.07, 6.45) is 1.54. The lowest BCUT2D eigenvalue weighted by Crippen LogP contribution is -2.06. The lowest BCUT2D eigenvalue weighted by Gasteiger charge is -2.14. The molecule has 11 heteroatoms. The van der Waals surface area contributed by atoms with E-state index in [1.807, 2.05) is 30.3 Å². The molecule has 1 heterocycles. The summed E-state index contributed by atoms with van der Waals surface area (Å²) in [4.78, 5) is 27.2. The standard InChI is InChI=1S/C24H15BrClIN2O6/c1-33-21-10-14(8-18(27)22(21)34-12-13-3-2-4-16(25)7-13)9-19-24(30)35-23(28-19)15-5-6-17(26)20(11-15)29(31)32/h2-11H,12H2,1H3/b19-9-. The van der Waals surface area contributed by atoms with Crippen molar-refractivity contribution in [1.82, 2.24) is 0 Å². The van der Waals surface area contributed by atoms with Crippen LogP contribution in [0.2, 0.25) is 5.02 Å². The van der Waals surface area contributed by atoms with Crippen molar-refractivity contribution in [3.63, 3.8) is 0 Å². The zero-order chi connectivity index (χ0) is 25.1. The zero-order valence-corrected chi connectivity index (χ0v) is 22.5. The molecule has 0 fully saturated rings. The summed E-state index contributed by atoms with van der Waals surface area (Å²) in [5.74, 6) is 0.336. The highest BCUT2D eigenvalue weighted by molar-refractivity contribution is 14.1. The second-order valence-electron chi connectivity index (χ2n) is 7.21. The number of hydrogen-bond donors (Lipinski definition) is 0. The second kappa shape index (κ2) is 10.8. The van der Waals surface area contributed by atoms with Crippen LogP contribution in [-0.4, -0.2) is 23.9 Å². The summed E-state index contributed by atoms with van der Waals surface area (Å²) in [5.41, 5.74) is 1.62. The number of rotatable bonds is 7. The fraction of sp³-hybridized carbons (Fsp3) is 0.0833. The van der Waals surface area contributed by atoms with Crippen LogP contribution in [0.3, 0.4) is 0 Å². The first-order valence-corrected chi connectivity index (χ1v) is 12.2. The first kappa shape index (κ1) is 25.1. The van der Waals surface area contributed by atoms with E-state index in [9.17, 15) is 14.9 Å². The normalized spacial score (nSPS) is 14.0. The Morgan fingerprint density at radius 3 is 2.74 bits per heavy atom. The van der Waals surface area contributed by atoms with Gasteiger partial charge in [0.1, 0.15) is 11.6 Å². The van der Waals surface area contributed by atoms with Crippen LogP contribution in [0, 0.1) is 13.7 Å². The highest BCUT2D eigenvalue weighted by Gasteiger charge is 2.26. The van der Waals surface area contributed by atoms with E-state index in [-0.39, 0.29) is 27.9 Å². The molecule has 178 valence electrons. The first-order chi connectivity index (χ1) is 16.7. The molecule has 0 saturated heterocycles. The molecular weight excluding hydrogens is 655 g/mol. The average molecular weight is 670 g/mol. The third kappa shape index (κ3) is 5.82. The Hall–Kier alpha value is -2.96. The molecule has 0 amide bonds. The van der Waals surface area contributed by atoms with Crippen LogP contribution in [0.15, 0.2) is 69.8 Å². The number of aliphatic imine (C=N–C) groups is 1. The molecule has 8 nitrogen and oxygen atoms in total. The molecule has 3 aromatic carbocycles. The van der Waals surface area contributed by atoms with E-state index in [1.54, 1.807) is 12.1 Å². The Balaban J connectivity index is 1.61. The van der Waals surface area contributed by atoms with Crippen molar-refractivity contribution in [3.8, 4) is 11.5 Å². The van der Waals surface area contributed by atoms with E-state index >= 15 is 0 Å². The van der Waals surface area contributed by atoms with E-state index in [1.165, 1.54) is 25.3 Å². The number of methoxy groups -OCH3 is 1. The number of halogens is 3. The largest absolute Gasteiger partial charge is 0.493 e. The Morgan fingerprint density at radius 1 is 1.23 bits per heavy atom. The SMILES string of the molecule is COc1cc(/C=C2\N=C(c3ccc(Cl)c([N+](=O)[O-])c3)OC2=O)cc(I)c1OCc1cccc(Br)c1. The minimum Gasteiger partial charge on any atom is -0.493 e. The fourth-order valence-corrected chi connectivity index (χ4v) is 4.64. The number of carbonyl (C=O) groups is 1. The van der Waals surface area contributed by atoms with E-state index in [0.29, 0.717) is 23.7 Å². The number of nitrogens with zero attached hydrogens (tertiary/aromatic N) is 2. The number of nitro benzene ring substituents is 1. The van der Waals surface area contributed by atoms with Crippen LogP contribution in [0.25, 0.3) is 6.08 Å². The van der Waals surface area contributed by atoms with Crippen LogP contribution in [-0.2, 0) is 16.1 Å². The van der Waals surface area contributed by atoms with Crippen LogP contribution >= 0.6 is 50.1 Å². The topological polar surface area (TPSA) is 100 Å². The molecule has 3 aromatic rings. The van der Waals surface area contributed by atoms with Crippen molar-refractivity contribution in [3.05, 3.63) is 100 Å². The van der Waals surface area contributed by atoms with Gasteiger partial charge >= 0.3 is 5.97 Å². The van der Waals surface area contributed by atoms with Crippen LogP contribution in [0.4, 0.5) is 5.69 Å². The molecule has 1 aliphatic heterocycles. The van der Waals surface area contributed by atoms with Crippen molar-refractivity contribution in [2.24, 2.45) is 4.99 Å². The van der Waals surface area contributed by atoms with Gasteiger partial charge in [-0.3, -0.25) is 10.1 Å². The molecule has 35 heavy (non-hydrogen) atoms. The molecule has 0 aliphatic carbocycles. The molecule has 0 aromatic heterocycles. The number of cyclic esters (lactones) is 1. The van der Waals surface area contributed by atoms with E-state index in [0.717, 1.165) is 13.6 Å². The highest BCUT2D eigenvalue weighted by atomic mass is 127. The van der Waals surface area contributed by atoms with Gasteiger partial charge in [-0.05, 0) is 76.2 Å². The van der Waals surface area contributed by atoms with Gasteiger partial charge in [-0.2, -0.15) is 0 Å². The van der Waals surface area contributed by atoms with Gasteiger partial charge in [-0.1, -0.05) is 39.7 Å². The Kier molecular flexibility index (Phi) is 7.72. The minimum atomic E-state index is -0.679. The minimum absolute atomic E-state index is 0.0247. The number of ether oxygens (including phenoxy) is 3. The van der Waals surface area contributed by atoms with Crippen LogP contribution in [0.5, 0.6) is 11.5 Å². The quantitative estimate of drug-likeness (QED) is 0.0931. The van der Waals surface area contributed by atoms with E-state index in [2.05, 4.69) is 43.5 Å². The monoisotopic (exact) mass is 668 g/mol. The number of carbonyl (C=O) groups excluding carboxylic acids is 1. The first-order valence-electron chi connectivity index (χ1n) is 9.97. The smallest absolute Gasteiger partial charge is 0.363 e. The van der Waals surface area contributed by atoms with Gasteiger partial charge in [0.25, 0.3) is 5.69 Å². The second-order valence-corrected chi connectivity index (χ2v) is 9.70. The van der Waals surface area contributed by atoms with Crippen LogP contribution in [0.1, 0.15) is 16.7 Å². The Bertz CT molecular complexity index is 1410. The van der Waals surface area contributed by atoms with E-state index in [4.69, 9.17) is 25.8 Å². The van der Waals surface area contributed by atoms with Gasteiger partial charge in [0.05, 0.1) is 15.6 Å². The molecule has 0 spiro atoms. The van der Waals surface area contributed by atoms with Gasteiger partial charge in [0.2, 0.25) is 5.90 Å². The van der Waals surface area contributed by atoms with Crippen LogP contribution < -0.4 is 9.47 Å². The molecule has 4 rings (SSSR count). The summed E-state index contributed by atoms with van der Waals surface area (Å²) < 4.78 is 18.5. The maximum Gasteiger partial charge on any atom is 0.363 e. The number of nitro groups is 1. The van der Waals surface area contributed by atoms with Crippen molar-refractivity contribution >= 4 is 73.8 Å². The molecule has 0 bridgehead atoms. The van der Waals surface area contributed by atoms with Gasteiger partial charge in [-0.25, -0.2) is 9.79 Å². The fourth-order valence-electron chi connectivity index (χ4n) is 3.22. The Morgan fingerprint density at radius 2 is 2.03 bits per heavy atom. The molecule has 0 unspecified atom stereocenters. The summed E-state index contributed by atoms with van der Waals surface area (Å²) in [5, 5.41) is 11.1. The van der Waals surface area contributed by atoms with Gasteiger partial charge < -0.3 is 14.2 Å². The van der Waals surface area contributed by atoms with Crippen molar-refractivity contribution in [2.75, 3.05) is 7.11 Å². The van der Waals surface area contributed by atoms with Gasteiger partial charge in [-0.15, -0.1) is 0 Å². The number of hydrogen-bond acceptors (Lipinski definition) is 7. The zero-order valence-electron chi connectivity index (χ0n) is 18.0. The number of esters is 1. The third-order valence-electron chi connectivity index (χ3n) is 4.84. The summed E-state index contributed by atoms with van der Waals surface area (Å²) in [6, 6.07) is 15.4. The maximum atomic E-state index is 12.4. The molecule has 0 atom stereocenters. The third-order valence-corrected chi connectivity index (χ3v) is 6.45. The van der Waals surface area contributed by atoms with Gasteiger partial charge in [0.15, 0.2) is 17.2 Å².